The standard InChI is InChI=1S/C23H21ClN2O4S/c24-21-11-4-5-12-22(21)31(28,29)26-15-13-25(14-16-26)23(27)18-7-6-10-20(17-18)30-19-8-2-1-3-9-19/h1-12,17H,13-16H2. The average molecular weight is 457 g/mol. The molecule has 4 rings (SSSR count). The van der Waals surface area contributed by atoms with Crippen LogP contribution < -0.4 is 4.74 Å². The molecule has 0 saturated carbocycles. The van der Waals surface area contributed by atoms with Crippen molar-refractivity contribution in [3.05, 3.63) is 89.4 Å². The third-order valence-electron chi connectivity index (χ3n) is 5.04. The second-order valence-corrected chi connectivity index (χ2v) is 9.38. The Bertz CT molecular complexity index is 1180. The predicted molar refractivity (Wildman–Crippen MR) is 119 cm³/mol. The first-order chi connectivity index (χ1) is 14.9. The fourth-order valence-corrected chi connectivity index (χ4v) is 5.34. The fraction of sp³-hybridized carbons (Fsp3) is 0.174. The summed E-state index contributed by atoms with van der Waals surface area (Å²) in [4.78, 5) is 14.7. The molecule has 1 fully saturated rings. The summed E-state index contributed by atoms with van der Waals surface area (Å²) >= 11 is 6.08. The van der Waals surface area contributed by atoms with E-state index in [0.717, 1.165) is 0 Å². The molecule has 1 amide bonds. The number of halogens is 1. The van der Waals surface area contributed by atoms with Gasteiger partial charge in [-0.05, 0) is 42.5 Å². The summed E-state index contributed by atoms with van der Waals surface area (Å²) < 4.78 is 33.0. The lowest BCUT2D eigenvalue weighted by atomic mass is 10.1. The van der Waals surface area contributed by atoms with Crippen LogP contribution in [0.1, 0.15) is 10.4 Å². The third kappa shape index (κ3) is 4.74. The number of rotatable bonds is 5. The van der Waals surface area contributed by atoms with Gasteiger partial charge in [0.15, 0.2) is 0 Å². The number of amides is 1. The number of ether oxygens (including phenoxy) is 1. The third-order valence-corrected chi connectivity index (χ3v) is 7.44. The van der Waals surface area contributed by atoms with Crippen LogP contribution >= 0.6 is 11.6 Å². The lowest BCUT2D eigenvalue weighted by Gasteiger charge is -2.34. The Morgan fingerprint density at radius 2 is 1.45 bits per heavy atom. The Morgan fingerprint density at radius 3 is 2.16 bits per heavy atom. The zero-order valence-corrected chi connectivity index (χ0v) is 18.2. The van der Waals surface area contributed by atoms with Crippen LogP contribution in [-0.2, 0) is 10.0 Å². The Kier molecular flexibility index (Phi) is 6.27. The Balaban J connectivity index is 1.43. The first-order valence-electron chi connectivity index (χ1n) is 9.82. The van der Waals surface area contributed by atoms with Crippen molar-refractivity contribution in [3.8, 4) is 11.5 Å². The van der Waals surface area contributed by atoms with Gasteiger partial charge in [0, 0.05) is 31.7 Å². The fourth-order valence-electron chi connectivity index (χ4n) is 3.42. The maximum atomic E-state index is 13.0. The molecule has 0 spiro atoms. The molecule has 6 nitrogen and oxygen atoms in total. The number of hydrogen-bond donors (Lipinski definition) is 0. The lowest BCUT2D eigenvalue weighted by Crippen LogP contribution is -2.50. The topological polar surface area (TPSA) is 66.9 Å². The highest BCUT2D eigenvalue weighted by Gasteiger charge is 2.31. The highest BCUT2D eigenvalue weighted by Crippen LogP contribution is 2.26. The highest BCUT2D eigenvalue weighted by molar-refractivity contribution is 7.89. The van der Waals surface area contributed by atoms with Crippen molar-refractivity contribution in [2.24, 2.45) is 0 Å². The van der Waals surface area contributed by atoms with E-state index in [1.807, 2.05) is 30.3 Å². The van der Waals surface area contributed by atoms with E-state index < -0.39 is 10.0 Å². The van der Waals surface area contributed by atoms with Gasteiger partial charge in [-0.15, -0.1) is 0 Å². The van der Waals surface area contributed by atoms with Gasteiger partial charge in [0.1, 0.15) is 16.4 Å². The molecule has 0 aromatic heterocycles. The molecule has 0 unspecified atom stereocenters. The van der Waals surface area contributed by atoms with Crippen molar-refractivity contribution in [2.75, 3.05) is 26.2 Å². The molecule has 8 heteroatoms. The average Bonchev–Trinajstić information content (AvgIpc) is 2.80. The van der Waals surface area contributed by atoms with Gasteiger partial charge in [-0.2, -0.15) is 4.31 Å². The van der Waals surface area contributed by atoms with Crippen molar-refractivity contribution >= 4 is 27.5 Å². The van der Waals surface area contributed by atoms with Gasteiger partial charge in [0.25, 0.3) is 5.91 Å². The van der Waals surface area contributed by atoms with Gasteiger partial charge >= 0.3 is 0 Å². The lowest BCUT2D eigenvalue weighted by molar-refractivity contribution is 0.0697. The van der Waals surface area contributed by atoms with Crippen LogP contribution in [0, 0.1) is 0 Å². The minimum atomic E-state index is -3.70. The van der Waals surface area contributed by atoms with Gasteiger partial charge in [0.2, 0.25) is 10.0 Å². The van der Waals surface area contributed by atoms with Crippen LogP contribution in [0.25, 0.3) is 0 Å². The van der Waals surface area contributed by atoms with Gasteiger partial charge in [0.05, 0.1) is 5.02 Å². The van der Waals surface area contributed by atoms with Crippen molar-refractivity contribution < 1.29 is 17.9 Å². The number of carbonyl (C=O) groups is 1. The summed E-state index contributed by atoms with van der Waals surface area (Å²) in [5.41, 5.74) is 0.496. The van der Waals surface area contributed by atoms with Gasteiger partial charge < -0.3 is 9.64 Å². The van der Waals surface area contributed by atoms with Crippen LogP contribution in [0.4, 0.5) is 0 Å². The van der Waals surface area contributed by atoms with E-state index in [0.29, 0.717) is 30.2 Å². The number of hydrogen-bond acceptors (Lipinski definition) is 4. The van der Waals surface area contributed by atoms with E-state index in [2.05, 4.69) is 0 Å². The first kappa shape index (κ1) is 21.4. The molecule has 1 heterocycles. The number of carbonyl (C=O) groups excluding carboxylic acids is 1. The molecule has 1 aliphatic rings. The minimum absolute atomic E-state index is 0.0854. The largest absolute Gasteiger partial charge is 0.457 e. The molecule has 0 N–H and O–H groups in total. The summed E-state index contributed by atoms with van der Waals surface area (Å²) in [5, 5.41) is 0.191. The molecule has 1 saturated heterocycles. The molecule has 160 valence electrons. The molecular formula is C23H21ClN2O4S. The number of para-hydroxylation sites is 1. The van der Waals surface area contributed by atoms with Gasteiger partial charge in [-0.3, -0.25) is 4.79 Å². The van der Waals surface area contributed by atoms with Crippen molar-refractivity contribution in [3.63, 3.8) is 0 Å². The van der Waals surface area contributed by atoms with E-state index >= 15 is 0 Å². The monoisotopic (exact) mass is 456 g/mol. The molecular weight excluding hydrogens is 436 g/mol. The number of sulfonamides is 1. The van der Waals surface area contributed by atoms with E-state index in [4.69, 9.17) is 16.3 Å². The quantitative estimate of drug-likeness (QED) is 0.574. The molecule has 31 heavy (non-hydrogen) atoms. The smallest absolute Gasteiger partial charge is 0.254 e. The Labute approximate surface area is 186 Å². The molecule has 0 atom stereocenters. The maximum Gasteiger partial charge on any atom is 0.254 e. The zero-order chi connectivity index (χ0) is 21.8. The SMILES string of the molecule is O=C(c1cccc(Oc2ccccc2)c1)N1CCN(S(=O)(=O)c2ccccc2Cl)CC1. The summed E-state index contributed by atoms with van der Waals surface area (Å²) in [6.45, 7) is 1.01. The molecule has 1 aliphatic heterocycles. The number of nitrogens with zero attached hydrogens (tertiary/aromatic N) is 2. The minimum Gasteiger partial charge on any atom is -0.457 e. The molecule has 0 radical (unpaired) electrons. The first-order valence-corrected chi connectivity index (χ1v) is 11.6. The molecule has 3 aromatic carbocycles. The maximum absolute atomic E-state index is 13.0. The Morgan fingerprint density at radius 1 is 0.806 bits per heavy atom. The molecule has 0 aliphatic carbocycles. The Hall–Kier alpha value is -2.87. The van der Waals surface area contributed by atoms with Crippen LogP contribution in [0.5, 0.6) is 11.5 Å². The van der Waals surface area contributed by atoms with E-state index in [9.17, 15) is 13.2 Å². The molecule has 3 aromatic rings. The van der Waals surface area contributed by atoms with Crippen LogP contribution in [0.3, 0.4) is 0 Å². The van der Waals surface area contributed by atoms with Gasteiger partial charge in [-0.1, -0.05) is 48.0 Å². The van der Waals surface area contributed by atoms with Crippen LogP contribution in [0.15, 0.2) is 83.8 Å². The second kappa shape index (κ2) is 9.09. The zero-order valence-electron chi connectivity index (χ0n) is 16.6. The van der Waals surface area contributed by atoms with Crippen molar-refractivity contribution in [2.45, 2.75) is 4.90 Å². The number of piperazine rings is 1. The summed E-state index contributed by atoms with van der Waals surface area (Å²) in [6.07, 6.45) is 0. The van der Waals surface area contributed by atoms with E-state index in [1.165, 1.54) is 10.4 Å². The normalized spacial score (nSPS) is 14.9. The van der Waals surface area contributed by atoms with Gasteiger partial charge in [-0.25, -0.2) is 8.42 Å². The van der Waals surface area contributed by atoms with Crippen molar-refractivity contribution in [1.82, 2.24) is 9.21 Å². The van der Waals surface area contributed by atoms with Crippen molar-refractivity contribution in [1.29, 1.82) is 0 Å². The van der Waals surface area contributed by atoms with Crippen LogP contribution in [-0.4, -0.2) is 49.7 Å². The number of benzene rings is 3. The second-order valence-electron chi connectivity index (χ2n) is 7.07. The molecule has 0 bridgehead atoms. The summed E-state index contributed by atoms with van der Waals surface area (Å²) in [5.74, 6) is 1.09. The van der Waals surface area contributed by atoms with Crippen LogP contribution in [0.2, 0.25) is 5.02 Å². The summed E-state index contributed by atoms with van der Waals surface area (Å²) in [6, 6.07) is 22.7. The summed E-state index contributed by atoms with van der Waals surface area (Å²) in [7, 11) is -3.70. The van der Waals surface area contributed by atoms with E-state index in [1.54, 1.807) is 47.4 Å². The van der Waals surface area contributed by atoms with E-state index in [-0.39, 0.29) is 28.9 Å². The predicted octanol–water partition coefficient (Wildman–Crippen LogP) is 4.28. The highest BCUT2D eigenvalue weighted by atomic mass is 35.5.